The first kappa shape index (κ1) is 18.9. The number of rotatable bonds is 8. The van der Waals surface area contributed by atoms with E-state index in [4.69, 9.17) is 5.11 Å². The van der Waals surface area contributed by atoms with Crippen LogP contribution in [-0.2, 0) is 14.4 Å². The second kappa shape index (κ2) is 9.09. The summed E-state index contributed by atoms with van der Waals surface area (Å²) >= 11 is 0.966. The normalized spacial score (nSPS) is 13.0. The second-order valence-corrected chi connectivity index (χ2v) is 5.89. The van der Waals surface area contributed by atoms with Gasteiger partial charge in [0.25, 0.3) is 0 Å². The zero-order valence-corrected chi connectivity index (χ0v) is 13.0. The molecule has 0 fully saturated rings. The highest BCUT2D eigenvalue weighted by molar-refractivity contribution is 8.01. The van der Waals surface area contributed by atoms with Gasteiger partial charge in [0.15, 0.2) is 6.04 Å². The van der Waals surface area contributed by atoms with Gasteiger partial charge < -0.3 is 15.7 Å². The lowest BCUT2D eigenvalue weighted by atomic mass is 10.3. The minimum atomic E-state index is -1.60. The molecule has 0 radical (unpaired) electrons. The van der Waals surface area contributed by atoms with Crippen LogP contribution in [-0.4, -0.2) is 46.6 Å². The Bertz CT molecular complexity index is 568. The first-order chi connectivity index (χ1) is 10.8. The topological polar surface area (TPSA) is 95.5 Å². The molecular weight excluding hydrogens is 330 g/mol. The van der Waals surface area contributed by atoms with E-state index in [2.05, 4.69) is 5.32 Å². The van der Waals surface area contributed by atoms with Crippen molar-refractivity contribution in [1.29, 1.82) is 0 Å². The number of benzene rings is 1. The van der Waals surface area contributed by atoms with Gasteiger partial charge in [-0.05, 0) is 31.2 Å². The maximum atomic E-state index is 12.7. The summed E-state index contributed by atoms with van der Waals surface area (Å²) in [6.45, 7) is 0.256. The van der Waals surface area contributed by atoms with E-state index >= 15 is 0 Å². The molecule has 23 heavy (non-hydrogen) atoms. The number of amides is 2. The van der Waals surface area contributed by atoms with Crippen molar-refractivity contribution in [3.63, 3.8) is 0 Å². The maximum absolute atomic E-state index is 12.7. The Kier molecular flexibility index (Phi) is 7.46. The molecule has 126 valence electrons. The van der Waals surface area contributed by atoms with Gasteiger partial charge in [0, 0.05) is 5.69 Å². The maximum Gasteiger partial charge on any atom is 0.328 e. The summed E-state index contributed by atoms with van der Waals surface area (Å²) in [6, 6.07) is 3.59. The molecule has 0 saturated carbocycles. The van der Waals surface area contributed by atoms with E-state index in [0.717, 1.165) is 11.8 Å². The van der Waals surface area contributed by atoms with E-state index in [0.29, 0.717) is 5.69 Å². The molecule has 0 heterocycles. The van der Waals surface area contributed by atoms with Crippen LogP contribution in [0, 0.1) is 5.82 Å². The molecule has 0 bridgehead atoms. The molecule has 0 spiro atoms. The van der Waals surface area contributed by atoms with E-state index in [9.17, 15) is 23.2 Å². The van der Waals surface area contributed by atoms with Gasteiger partial charge in [-0.15, -0.1) is 11.8 Å². The average Bonchev–Trinajstić information content (AvgIpc) is 2.51. The molecule has 0 aromatic heterocycles. The molecule has 1 rings (SSSR count). The summed E-state index contributed by atoms with van der Waals surface area (Å²) in [7, 11) is 0. The standard InChI is InChI=1S/C14H16F2N2O4S/c1-8(13(20)18-11(6-15)14(21)22)23-7-12(19)17-10-4-2-9(16)3-5-10/h2-5,8,11H,6-7H2,1H3,(H,17,19)(H,18,20)(H,21,22). The first-order valence-electron chi connectivity index (χ1n) is 6.59. The van der Waals surface area contributed by atoms with Gasteiger partial charge in [0.05, 0.1) is 11.0 Å². The van der Waals surface area contributed by atoms with Crippen molar-refractivity contribution in [3.05, 3.63) is 30.1 Å². The largest absolute Gasteiger partial charge is 0.480 e. The summed E-state index contributed by atoms with van der Waals surface area (Å²) in [5, 5.41) is 12.5. The number of alkyl halides is 1. The number of carbonyl (C=O) groups excluding carboxylic acids is 2. The lowest BCUT2D eigenvalue weighted by Gasteiger charge is -2.15. The summed E-state index contributed by atoms with van der Waals surface area (Å²) < 4.78 is 25.2. The summed E-state index contributed by atoms with van der Waals surface area (Å²) in [6.07, 6.45) is 0. The van der Waals surface area contributed by atoms with Crippen LogP contribution in [0.3, 0.4) is 0 Å². The van der Waals surface area contributed by atoms with E-state index < -0.39 is 41.6 Å². The Hall–Kier alpha value is -2.16. The predicted molar refractivity (Wildman–Crippen MR) is 82.5 cm³/mol. The van der Waals surface area contributed by atoms with Crippen molar-refractivity contribution in [2.45, 2.75) is 18.2 Å². The quantitative estimate of drug-likeness (QED) is 0.662. The Morgan fingerprint density at radius 2 is 1.87 bits per heavy atom. The fourth-order valence-corrected chi connectivity index (χ4v) is 2.16. The Morgan fingerprint density at radius 3 is 2.39 bits per heavy atom. The number of carboxylic acids is 1. The summed E-state index contributed by atoms with van der Waals surface area (Å²) in [5.74, 6) is -3.04. The van der Waals surface area contributed by atoms with E-state index in [1.54, 1.807) is 0 Å². The third kappa shape index (κ3) is 6.64. The fourth-order valence-electron chi connectivity index (χ4n) is 1.46. The van der Waals surface area contributed by atoms with Crippen LogP contribution in [0.25, 0.3) is 0 Å². The number of hydrogen-bond donors (Lipinski definition) is 3. The van der Waals surface area contributed by atoms with Crippen molar-refractivity contribution in [2.24, 2.45) is 0 Å². The van der Waals surface area contributed by atoms with Crippen molar-refractivity contribution in [1.82, 2.24) is 5.32 Å². The van der Waals surface area contributed by atoms with Crippen LogP contribution < -0.4 is 10.6 Å². The summed E-state index contributed by atoms with van der Waals surface area (Å²) in [4.78, 5) is 34.0. The molecule has 2 unspecified atom stereocenters. The van der Waals surface area contributed by atoms with E-state index in [1.165, 1.54) is 31.2 Å². The SMILES string of the molecule is CC(SCC(=O)Nc1ccc(F)cc1)C(=O)NC(CF)C(=O)O. The average molecular weight is 346 g/mol. The number of carboxylic acid groups (broad SMARTS) is 1. The fraction of sp³-hybridized carbons (Fsp3) is 0.357. The zero-order chi connectivity index (χ0) is 17.4. The smallest absolute Gasteiger partial charge is 0.328 e. The van der Waals surface area contributed by atoms with Crippen LogP contribution in [0.1, 0.15) is 6.92 Å². The van der Waals surface area contributed by atoms with Crippen LogP contribution in [0.4, 0.5) is 14.5 Å². The number of thioether (sulfide) groups is 1. The van der Waals surface area contributed by atoms with Crippen LogP contribution in [0.15, 0.2) is 24.3 Å². The molecular formula is C14H16F2N2O4S. The van der Waals surface area contributed by atoms with Crippen molar-refractivity contribution < 1.29 is 28.3 Å². The van der Waals surface area contributed by atoms with E-state index in [-0.39, 0.29) is 5.75 Å². The second-order valence-electron chi connectivity index (χ2n) is 4.56. The minimum absolute atomic E-state index is 0.0701. The molecule has 3 N–H and O–H groups in total. The Labute approximate surface area is 135 Å². The van der Waals surface area contributed by atoms with Gasteiger partial charge in [-0.3, -0.25) is 9.59 Å². The molecule has 2 amide bonds. The zero-order valence-electron chi connectivity index (χ0n) is 12.2. The summed E-state index contributed by atoms with van der Waals surface area (Å²) in [5.41, 5.74) is 0.414. The lowest BCUT2D eigenvalue weighted by Crippen LogP contribution is -2.45. The van der Waals surface area contributed by atoms with Gasteiger partial charge in [-0.2, -0.15) is 0 Å². The molecule has 0 aliphatic heterocycles. The van der Waals surface area contributed by atoms with E-state index in [1.807, 2.05) is 5.32 Å². The number of anilines is 1. The monoisotopic (exact) mass is 346 g/mol. The van der Waals surface area contributed by atoms with Crippen molar-refractivity contribution in [3.8, 4) is 0 Å². The minimum Gasteiger partial charge on any atom is -0.480 e. The molecule has 0 aliphatic rings. The number of halogens is 2. The van der Waals surface area contributed by atoms with Crippen molar-refractivity contribution in [2.75, 3.05) is 17.7 Å². The predicted octanol–water partition coefficient (Wildman–Crippen LogP) is 1.42. The molecule has 0 saturated heterocycles. The first-order valence-corrected chi connectivity index (χ1v) is 7.64. The molecule has 2 atom stereocenters. The van der Waals surface area contributed by atoms with Crippen LogP contribution in [0.2, 0.25) is 0 Å². The highest BCUT2D eigenvalue weighted by atomic mass is 32.2. The molecule has 6 nitrogen and oxygen atoms in total. The molecule has 1 aromatic rings. The Balaban J connectivity index is 2.40. The lowest BCUT2D eigenvalue weighted by molar-refractivity contribution is -0.142. The highest BCUT2D eigenvalue weighted by Gasteiger charge is 2.23. The van der Waals surface area contributed by atoms with Crippen LogP contribution >= 0.6 is 11.8 Å². The van der Waals surface area contributed by atoms with Gasteiger partial charge in [0.1, 0.15) is 12.5 Å². The third-order valence-electron chi connectivity index (χ3n) is 2.73. The number of aliphatic carboxylic acids is 1. The third-order valence-corrected chi connectivity index (χ3v) is 3.87. The number of carbonyl (C=O) groups is 3. The highest BCUT2D eigenvalue weighted by Crippen LogP contribution is 2.13. The van der Waals surface area contributed by atoms with Gasteiger partial charge in [-0.1, -0.05) is 0 Å². The van der Waals surface area contributed by atoms with Crippen LogP contribution in [0.5, 0.6) is 0 Å². The number of hydrogen-bond acceptors (Lipinski definition) is 4. The van der Waals surface area contributed by atoms with Crippen molar-refractivity contribution >= 4 is 35.2 Å². The Morgan fingerprint density at radius 1 is 1.26 bits per heavy atom. The number of nitrogens with one attached hydrogen (secondary N) is 2. The van der Waals surface area contributed by atoms with Gasteiger partial charge >= 0.3 is 5.97 Å². The van der Waals surface area contributed by atoms with Gasteiger partial charge in [-0.25, -0.2) is 13.6 Å². The molecule has 1 aromatic carbocycles. The molecule has 9 heteroatoms. The molecule has 0 aliphatic carbocycles. The van der Waals surface area contributed by atoms with Gasteiger partial charge in [0.2, 0.25) is 11.8 Å².